The van der Waals surface area contributed by atoms with Gasteiger partial charge in [0.05, 0.1) is 13.2 Å². The topological polar surface area (TPSA) is 85.7 Å². The van der Waals surface area contributed by atoms with Crippen LogP contribution in [0.25, 0.3) is 0 Å². The maximum Gasteiger partial charge on any atom is 0.318 e. The molecule has 0 aliphatic carbocycles. The molecule has 3 amide bonds. The fourth-order valence-corrected chi connectivity index (χ4v) is 4.05. The van der Waals surface area contributed by atoms with E-state index in [1.807, 2.05) is 31.2 Å². The number of likely N-dealkylation sites (tertiary alicyclic amines) is 2. The van der Waals surface area contributed by atoms with Gasteiger partial charge in [0.2, 0.25) is 5.91 Å². The van der Waals surface area contributed by atoms with Crippen LogP contribution >= 0.6 is 0 Å². The summed E-state index contributed by atoms with van der Waals surface area (Å²) in [7, 11) is 1.68. The number of para-hydroxylation sites is 1. The average Bonchev–Trinajstić information content (AvgIpc) is 2.95. The minimum absolute atomic E-state index is 0.0290. The van der Waals surface area contributed by atoms with E-state index in [2.05, 4.69) is 11.4 Å². The number of piperidine rings is 1. The minimum atomic E-state index is -0.534. The molecule has 2 aliphatic rings. The molecule has 0 aromatic heterocycles. The van der Waals surface area contributed by atoms with Crippen molar-refractivity contribution in [3.8, 4) is 11.8 Å². The molecule has 27 heavy (non-hydrogen) atoms. The van der Waals surface area contributed by atoms with Gasteiger partial charge >= 0.3 is 6.03 Å². The summed E-state index contributed by atoms with van der Waals surface area (Å²) in [5, 5.41) is 11.7. The number of rotatable bonds is 4. The quantitative estimate of drug-likeness (QED) is 0.823. The zero-order valence-electron chi connectivity index (χ0n) is 15.9. The molecule has 2 atom stereocenters. The number of nitrogens with zero attached hydrogens (tertiary/aromatic N) is 3. The van der Waals surface area contributed by atoms with Crippen molar-refractivity contribution >= 4 is 11.9 Å². The van der Waals surface area contributed by atoms with Crippen molar-refractivity contribution in [2.45, 2.75) is 44.2 Å². The lowest BCUT2D eigenvalue weighted by Crippen LogP contribution is -2.50. The van der Waals surface area contributed by atoms with Gasteiger partial charge in [-0.15, -0.1) is 0 Å². The highest BCUT2D eigenvalue weighted by Crippen LogP contribution is 2.34. The van der Waals surface area contributed by atoms with Crippen molar-refractivity contribution in [3.05, 3.63) is 29.8 Å². The van der Waals surface area contributed by atoms with Gasteiger partial charge in [0.1, 0.15) is 18.3 Å². The van der Waals surface area contributed by atoms with E-state index in [0.717, 1.165) is 18.6 Å². The van der Waals surface area contributed by atoms with E-state index in [0.29, 0.717) is 25.4 Å². The van der Waals surface area contributed by atoms with Crippen LogP contribution in [0.3, 0.4) is 0 Å². The molecule has 2 heterocycles. The molecular weight excluding hydrogens is 344 g/mol. The zero-order valence-corrected chi connectivity index (χ0v) is 15.9. The summed E-state index contributed by atoms with van der Waals surface area (Å²) in [6.07, 6.45) is 2.27. The molecule has 7 nitrogen and oxygen atoms in total. The molecule has 0 radical (unpaired) electrons. The molecule has 2 unspecified atom stereocenters. The maximum atomic E-state index is 12.6. The van der Waals surface area contributed by atoms with E-state index in [9.17, 15) is 9.59 Å². The normalized spacial score (nSPS) is 23.2. The van der Waals surface area contributed by atoms with Gasteiger partial charge in [-0.2, -0.15) is 5.26 Å². The number of amides is 3. The van der Waals surface area contributed by atoms with Crippen LogP contribution in [0.1, 0.15) is 37.7 Å². The van der Waals surface area contributed by atoms with Crippen LogP contribution in [-0.4, -0.2) is 60.6 Å². The predicted octanol–water partition coefficient (Wildman–Crippen LogP) is 2.10. The van der Waals surface area contributed by atoms with Gasteiger partial charge in [-0.3, -0.25) is 4.79 Å². The Hall–Kier alpha value is -2.75. The number of benzene rings is 1. The second kappa shape index (κ2) is 8.30. The molecule has 7 heteroatoms. The van der Waals surface area contributed by atoms with Gasteiger partial charge in [-0.25, -0.2) is 4.79 Å². The number of nitriles is 1. The van der Waals surface area contributed by atoms with Crippen LogP contribution in [0.4, 0.5) is 4.79 Å². The molecule has 1 aromatic rings. The van der Waals surface area contributed by atoms with Crippen LogP contribution in [-0.2, 0) is 4.79 Å². The van der Waals surface area contributed by atoms with Crippen molar-refractivity contribution in [3.63, 3.8) is 0 Å². The van der Waals surface area contributed by atoms with Gasteiger partial charge in [0.25, 0.3) is 0 Å². The highest BCUT2D eigenvalue weighted by atomic mass is 16.5. The predicted molar refractivity (Wildman–Crippen MR) is 100 cm³/mol. The van der Waals surface area contributed by atoms with Gasteiger partial charge in [-0.05, 0) is 43.7 Å². The standard InChI is InChI=1S/C20H26N4O3/c1-14-13-17(19(25)24(14)12-9-21)22-20(26)23-10-7-15(8-11-23)16-5-3-4-6-18(16)27-2/h3-6,14-15,17H,7-8,10-13H2,1-2H3,(H,22,26). The third kappa shape index (κ3) is 4.00. The Bertz CT molecular complexity index is 737. The number of carbonyl (C=O) groups excluding carboxylic acids is 2. The Morgan fingerprint density at radius 3 is 2.70 bits per heavy atom. The second-order valence-corrected chi connectivity index (χ2v) is 7.21. The molecule has 1 N–H and O–H groups in total. The molecule has 3 rings (SSSR count). The Morgan fingerprint density at radius 1 is 1.33 bits per heavy atom. The van der Waals surface area contributed by atoms with E-state index < -0.39 is 6.04 Å². The minimum Gasteiger partial charge on any atom is -0.496 e. The summed E-state index contributed by atoms with van der Waals surface area (Å²) < 4.78 is 5.46. The summed E-state index contributed by atoms with van der Waals surface area (Å²) >= 11 is 0. The van der Waals surface area contributed by atoms with Crippen molar-refractivity contribution < 1.29 is 14.3 Å². The lowest BCUT2D eigenvalue weighted by molar-refractivity contribution is -0.129. The summed E-state index contributed by atoms with van der Waals surface area (Å²) in [6, 6.07) is 9.27. The molecule has 2 fully saturated rings. The Morgan fingerprint density at radius 2 is 2.04 bits per heavy atom. The first-order valence-corrected chi connectivity index (χ1v) is 9.41. The fraction of sp³-hybridized carbons (Fsp3) is 0.550. The number of urea groups is 1. The van der Waals surface area contributed by atoms with Gasteiger partial charge in [-0.1, -0.05) is 18.2 Å². The monoisotopic (exact) mass is 370 g/mol. The lowest BCUT2D eigenvalue weighted by atomic mass is 9.89. The second-order valence-electron chi connectivity index (χ2n) is 7.21. The van der Waals surface area contributed by atoms with Gasteiger partial charge < -0.3 is 19.9 Å². The van der Waals surface area contributed by atoms with E-state index in [-0.39, 0.29) is 24.5 Å². The SMILES string of the molecule is COc1ccccc1C1CCN(C(=O)NC2CC(C)N(CC#N)C2=O)CC1. The molecule has 0 spiro atoms. The highest BCUT2D eigenvalue weighted by molar-refractivity contribution is 5.89. The highest BCUT2D eigenvalue weighted by Gasteiger charge is 2.38. The first-order valence-electron chi connectivity index (χ1n) is 9.41. The van der Waals surface area contributed by atoms with Gasteiger partial charge in [0.15, 0.2) is 0 Å². The third-order valence-electron chi connectivity index (χ3n) is 5.59. The van der Waals surface area contributed by atoms with E-state index >= 15 is 0 Å². The first kappa shape index (κ1) is 19.0. The summed E-state index contributed by atoms with van der Waals surface area (Å²) in [5.74, 6) is 1.09. The van der Waals surface area contributed by atoms with Crippen LogP contribution < -0.4 is 10.1 Å². The van der Waals surface area contributed by atoms with Crippen molar-refractivity contribution in [1.29, 1.82) is 5.26 Å². The number of ether oxygens (including phenoxy) is 1. The zero-order chi connectivity index (χ0) is 19.4. The van der Waals surface area contributed by atoms with Crippen LogP contribution in [0.15, 0.2) is 24.3 Å². The largest absolute Gasteiger partial charge is 0.496 e. The summed E-state index contributed by atoms with van der Waals surface area (Å²) in [6.45, 7) is 3.26. The average molecular weight is 370 g/mol. The van der Waals surface area contributed by atoms with Crippen LogP contribution in [0, 0.1) is 11.3 Å². The molecule has 1 aromatic carbocycles. The molecule has 0 saturated carbocycles. The number of methoxy groups -OCH3 is 1. The molecule has 144 valence electrons. The Labute approximate surface area is 159 Å². The number of nitrogens with one attached hydrogen (secondary N) is 1. The third-order valence-corrected chi connectivity index (χ3v) is 5.59. The first-order chi connectivity index (χ1) is 13.0. The van der Waals surface area contributed by atoms with Gasteiger partial charge in [0, 0.05) is 19.1 Å². The van der Waals surface area contributed by atoms with E-state index in [1.54, 1.807) is 12.0 Å². The molecule has 2 aliphatic heterocycles. The maximum absolute atomic E-state index is 12.6. The van der Waals surface area contributed by atoms with Crippen molar-refractivity contribution in [1.82, 2.24) is 15.1 Å². The molecule has 2 saturated heterocycles. The lowest BCUT2D eigenvalue weighted by Gasteiger charge is -2.33. The molecule has 0 bridgehead atoms. The van der Waals surface area contributed by atoms with Crippen molar-refractivity contribution in [2.75, 3.05) is 26.7 Å². The number of hydrogen-bond acceptors (Lipinski definition) is 4. The number of carbonyl (C=O) groups is 2. The van der Waals surface area contributed by atoms with E-state index in [1.165, 1.54) is 10.5 Å². The Kier molecular flexibility index (Phi) is 5.84. The smallest absolute Gasteiger partial charge is 0.318 e. The van der Waals surface area contributed by atoms with E-state index in [4.69, 9.17) is 10.00 Å². The summed E-state index contributed by atoms with van der Waals surface area (Å²) in [4.78, 5) is 28.3. The Balaban J connectivity index is 1.55. The fourth-order valence-electron chi connectivity index (χ4n) is 4.05. The molecular formula is C20H26N4O3. The number of hydrogen-bond donors (Lipinski definition) is 1. The summed E-state index contributed by atoms with van der Waals surface area (Å²) in [5.41, 5.74) is 1.19. The van der Waals surface area contributed by atoms with Crippen LogP contribution in [0.5, 0.6) is 5.75 Å². The van der Waals surface area contributed by atoms with Crippen molar-refractivity contribution in [2.24, 2.45) is 0 Å². The van der Waals surface area contributed by atoms with Crippen LogP contribution in [0.2, 0.25) is 0 Å².